The highest BCUT2D eigenvalue weighted by atomic mass is 16.5. The first-order valence-corrected chi connectivity index (χ1v) is 8.68. The molecule has 3 fully saturated rings. The Bertz CT molecular complexity index is 346. The summed E-state index contributed by atoms with van der Waals surface area (Å²) in [6.45, 7) is 8.64. The molecule has 1 saturated carbocycles. The lowest BCUT2D eigenvalue weighted by Crippen LogP contribution is -2.59. The number of aliphatic hydroxyl groups excluding tert-OH is 1. The standard InChI is InChI=1S/C17H31NO3/c1-16(2,18-8-11-20-12-9-18)15(19)14-5-10-21-17(13-14)6-3-4-7-17/h14-15,19H,3-13H2,1-2H3. The lowest BCUT2D eigenvalue weighted by Gasteiger charge is -2.49. The van der Waals surface area contributed by atoms with Crippen LogP contribution in [-0.2, 0) is 9.47 Å². The summed E-state index contributed by atoms with van der Waals surface area (Å²) in [5.41, 5.74) is -0.0867. The molecule has 21 heavy (non-hydrogen) atoms. The highest BCUT2D eigenvalue weighted by Gasteiger charge is 2.46. The van der Waals surface area contributed by atoms with Gasteiger partial charge in [-0.05, 0) is 45.4 Å². The van der Waals surface area contributed by atoms with Crippen LogP contribution in [0.3, 0.4) is 0 Å². The maximum absolute atomic E-state index is 11.1. The Morgan fingerprint density at radius 3 is 2.48 bits per heavy atom. The average Bonchev–Trinajstić information content (AvgIpc) is 2.95. The van der Waals surface area contributed by atoms with Crippen LogP contribution in [0, 0.1) is 5.92 Å². The number of morpholine rings is 1. The van der Waals surface area contributed by atoms with Gasteiger partial charge in [0.25, 0.3) is 0 Å². The molecule has 3 aliphatic rings. The highest BCUT2D eigenvalue weighted by Crippen LogP contribution is 2.44. The smallest absolute Gasteiger partial charge is 0.0748 e. The molecule has 0 aromatic rings. The number of aliphatic hydroxyl groups is 1. The summed E-state index contributed by atoms with van der Waals surface area (Å²) < 4.78 is 11.6. The Balaban J connectivity index is 1.66. The Hall–Kier alpha value is -0.160. The van der Waals surface area contributed by atoms with E-state index < -0.39 is 0 Å². The molecule has 2 unspecified atom stereocenters. The molecular formula is C17H31NO3. The van der Waals surface area contributed by atoms with Crippen molar-refractivity contribution < 1.29 is 14.6 Å². The number of nitrogens with zero attached hydrogens (tertiary/aromatic N) is 1. The molecular weight excluding hydrogens is 266 g/mol. The Kier molecular flexibility index (Phi) is 4.60. The van der Waals surface area contributed by atoms with Gasteiger partial charge in [-0.15, -0.1) is 0 Å². The van der Waals surface area contributed by atoms with Gasteiger partial charge in [0.1, 0.15) is 0 Å². The summed E-state index contributed by atoms with van der Waals surface area (Å²) in [7, 11) is 0. The zero-order valence-corrected chi connectivity index (χ0v) is 13.6. The number of hydrogen-bond donors (Lipinski definition) is 1. The van der Waals surface area contributed by atoms with Crippen molar-refractivity contribution in [2.75, 3.05) is 32.9 Å². The fourth-order valence-corrected chi connectivity index (χ4v) is 4.61. The van der Waals surface area contributed by atoms with Crippen LogP contribution in [0.15, 0.2) is 0 Å². The summed E-state index contributed by atoms with van der Waals surface area (Å²) in [5.74, 6) is 0.370. The van der Waals surface area contributed by atoms with Crippen molar-refractivity contribution in [1.29, 1.82) is 0 Å². The van der Waals surface area contributed by atoms with Crippen molar-refractivity contribution in [3.8, 4) is 0 Å². The number of hydrogen-bond acceptors (Lipinski definition) is 4. The molecule has 2 aliphatic heterocycles. The molecule has 0 amide bonds. The minimum Gasteiger partial charge on any atom is -0.391 e. The summed E-state index contributed by atoms with van der Waals surface area (Å²) >= 11 is 0. The van der Waals surface area contributed by atoms with E-state index in [0.717, 1.165) is 45.8 Å². The van der Waals surface area contributed by atoms with E-state index in [1.54, 1.807) is 0 Å². The van der Waals surface area contributed by atoms with Crippen molar-refractivity contribution in [3.63, 3.8) is 0 Å². The third-order valence-electron chi connectivity index (χ3n) is 6.04. The first-order valence-electron chi connectivity index (χ1n) is 8.68. The lowest BCUT2D eigenvalue weighted by atomic mass is 9.75. The second kappa shape index (κ2) is 6.15. The van der Waals surface area contributed by atoms with Crippen LogP contribution in [0.4, 0.5) is 0 Å². The molecule has 2 saturated heterocycles. The van der Waals surface area contributed by atoms with Crippen molar-refractivity contribution >= 4 is 0 Å². The molecule has 1 spiro atoms. The molecule has 1 N–H and O–H groups in total. The van der Waals surface area contributed by atoms with Crippen LogP contribution in [0.2, 0.25) is 0 Å². The van der Waals surface area contributed by atoms with Gasteiger partial charge in [0.05, 0.1) is 24.9 Å². The van der Waals surface area contributed by atoms with Crippen molar-refractivity contribution in [2.45, 2.75) is 69.6 Å². The van der Waals surface area contributed by atoms with E-state index in [-0.39, 0.29) is 17.2 Å². The van der Waals surface area contributed by atoms with E-state index in [9.17, 15) is 5.11 Å². The molecule has 0 aromatic carbocycles. The van der Waals surface area contributed by atoms with Gasteiger partial charge in [0.2, 0.25) is 0 Å². The van der Waals surface area contributed by atoms with Crippen molar-refractivity contribution in [3.05, 3.63) is 0 Å². The first-order chi connectivity index (χ1) is 10.0. The monoisotopic (exact) mass is 297 g/mol. The van der Waals surface area contributed by atoms with Gasteiger partial charge in [-0.1, -0.05) is 12.8 Å². The largest absolute Gasteiger partial charge is 0.391 e. The van der Waals surface area contributed by atoms with Crippen molar-refractivity contribution in [1.82, 2.24) is 4.90 Å². The summed E-state index contributed by atoms with van der Waals surface area (Å²) in [6.07, 6.45) is 6.71. The summed E-state index contributed by atoms with van der Waals surface area (Å²) in [6, 6.07) is 0. The summed E-state index contributed by atoms with van der Waals surface area (Å²) in [4.78, 5) is 2.40. The van der Waals surface area contributed by atoms with E-state index >= 15 is 0 Å². The number of rotatable bonds is 3. The minimum absolute atomic E-state index is 0.0883. The Morgan fingerprint density at radius 1 is 1.14 bits per heavy atom. The van der Waals surface area contributed by atoms with Gasteiger partial charge in [-0.25, -0.2) is 0 Å². The van der Waals surface area contributed by atoms with Crippen LogP contribution < -0.4 is 0 Å². The third-order valence-corrected chi connectivity index (χ3v) is 6.04. The van der Waals surface area contributed by atoms with Gasteiger partial charge >= 0.3 is 0 Å². The fourth-order valence-electron chi connectivity index (χ4n) is 4.61. The normalized spacial score (nSPS) is 32.4. The summed E-state index contributed by atoms with van der Waals surface area (Å²) in [5, 5.41) is 11.1. The molecule has 4 heteroatoms. The van der Waals surface area contributed by atoms with E-state index in [4.69, 9.17) is 9.47 Å². The molecule has 4 nitrogen and oxygen atoms in total. The maximum atomic E-state index is 11.1. The van der Waals surface area contributed by atoms with Crippen LogP contribution in [0.5, 0.6) is 0 Å². The van der Waals surface area contributed by atoms with Gasteiger partial charge in [0, 0.05) is 25.2 Å². The van der Waals surface area contributed by atoms with E-state index in [1.807, 2.05) is 0 Å². The molecule has 122 valence electrons. The number of ether oxygens (including phenoxy) is 2. The molecule has 0 aromatic heterocycles. The Labute approximate surface area is 128 Å². The SMILES string of the molecule is CC(C)(C(O)C1CCOC2(CCCC2)C1)N1CCOCC1. The molecule has 3 rings (SSSR count). The van der Waals surface area contributed by atoms with Crippen LogP contribution in [-0.4, -0.2) is 60.2 Å². The second-order valence-electron chi connectivity index (χ2n) is 7.69. The van der Waals surface area contributed by atoms with Crippen LogP contribution in [0.1, 0.15) is 52.4 Å². The molecule has 0 bridgehead atoms. The molecule has 0 radical (unpaired) electrons. The van der Waals surface area contributed by atoms with Gasteiger partial charge < -0.3 is 14.6 Å². The topological polar surface area (TPSA) is 41.9 Å². The quantitative estimate of drug-likeness (QED) is 0.867. The van der Waals surface area contributed by atoms with Crippen molar-refractivity contribution in [2.24, 2.45) is 5.92 Å². The highest BCUT2D eigenvalue weighted by molar-refractivity contribution is 4.99. The van der Waals surface area contributed by atoms with E-state index in [0.29, 0.717) is 5.92 Å². The predicted octanol–water partition coefficient (Wildman–Crippen LogP) is 2.20. The van der Waals surface area contributed by atoms with Gasteiger partial charge in [-0.2, -0.15) is 0 Å². The first kappa shape index (κ1) is 15.7. The minimum atomic E-state index is -0.281. The predicted molar refractivity (Wildman–Crippen MR) is 82.4 cm³/mol. The average molecular weight is 297 g/mol. The maximum Gasteiger partial charge on any atom is 0.0748 e. The lowest BCUT2D eigenvalue weighted by molar-refractivity contribution is -0.141. The zero-order valence-electron chi connectivity index (χ0n) is 13.6. The molecule has 2 heterocycles. The van der Waals surface area contributed by atoms with Gasteiger partial charge in [0.15, 0.2) is 0 Å². The van der Waals surface area contributed by atoms with Crippen LogP contribution >= 0.6 is 0 Å². The van der Waals surface area contributed by atoms with E-state index in [1.165, 1.54) is 25.7 Å². The second-order valence-corrected chi connectivity index (χ2v) is 7.69. The third kappa shape index (κ3) is 3.14. The molecule has 2 atom stereocenters. The zero-order chi connectivity index (χ0) is 14.9. The molecule has 1 aliphatic carbocycles. The fraction of sp³-hybridized carbons (Fsp3) is 1.00. The van der Waals surface area contributed by atoms with E-state index in [2.05, 4.69) is 18.7 Å². The Morgan fingerprint density at radius 2 is 1.81 bits per heavy atom. The van der Waals surface area contributed by atoms with Gasteiger partial charge in [-0.3, -0.25) is 4.90 Å². The van der Waals surface area contributed by atoms with Crippen LogP contribution in [0.25, 0.3) is 0 Å².